The van der Waals surface area contributed by atoms with E-state index in [0.717, 1.165) is 12.3 Å². The summed E-state index contributed by atoms with van der Waals surface area (Å²) in [5, 5.41) is 8.68. The van der Waals surface area contributed by atoms with Crippen LogP contribution in [0.2, 0.25) is 0 Å². The Kier molecular flexibility index (Phi) is 3.87. The summed E-state index contributed by atoms with van der Waals surface area (Å²) in [5.41, 5.74) is 5.60. The summed E-state index contributed by atoms with van der Waals surface area (Å²) >= 11 is 0. The minimum atomic E-state index is 0.0237. The molecule has 0 heterocycles. The van der Waals surface area contributed by atoms with Crippen LogP contribution in [0.5, 0.6) is 0 Å². The van der Waals surface area contributed by atoms with E-state index in [9.17, 15) is 0 Å². The lowest BCUT2D eigenvalue weighted by molar-refractivity contribution is 0.252. The predicted molar refractivity (Wildman–Crippen MR) is 46.3 cm³/mol. The fourth-order valence-electron chi connectivity index (χ4n) is 1.84. The zero-order chi connectivity index (χ0) is 8.10. The normalized spacial score (nSPS) is 22.4. The van der Waals surface area contributed by atoms with Crippen molar-refractivity contribution in [3.63, 3.8) is 0 Å². The average Bonchev–Trinajstić information content (AvgIpc) is 2.52. The van der Waals surface area contributed by atoms with Gasteiger partial charge in [-0.3, -0.25) is 0 Å². The summed E-state index contributed by atoms with van der Waals surface area (Å²) in [5.74, 6) is 0.910. The Bertz CT molecular complexity index is 99.7. The number of rotatable bonds is 4. The number of aliphatic hydroxyl groups is 1. The standard InChI is InChI=1S/C9H19NO/c10-9(7-11)6-5-8-3-1-2-4-8/h8-9,11H,1-7,10H2/t9-/m1/s1. The Morgan fingerprint density at radius 1 is 1.36 bits per heavy atom. The van der Waals surface area contributed by atoms with Gasteiger partial charge >= 0.3 is 0 Å². The lowest BCUT2D eigenvalue weighted by atomic mass is 9.99. The van der Waals surface area contributed by atoms with Crippen molar-refractivity contribution in [2.45, 2.75) is 44.6 Å². The molecular formula is C9H19NO. The van der Waals surface area contributed by atoms with Crippen molar-refractivity contribution < 1.29 is 5.11 Å². The molecule has 0 aromatic heterocycles. The van der Waals surface area contributed by atoms with Gasteiger partial charge in [-0.15, -0.1) is 0 Å². The molecule has 1 saturated carbocycles. The van der Waals surface area contributed by atoms with Gasteiger partial charge in [0.2, 0.25) is 0 Å². The first-order chi connectivity index (χ1) is 5.33. The largest absolute Gasteiger partial charge is 0.395 e. The van der Waals surface area contributed by atoms with E-state index in [1.807, 2.05) is 0 Å². The van der Waals surface area contributed by atoms with Crippen molar-refractivity contribution in [2.24, 2.45) is 11.7 Å². The lowest BCUT2D eigenvalue weighted by Crippen LogP contribution is -2.24. The Balaban J connectivity index is 2.01. The highest BCUT2D eigenvalue weighted by molar-refractivity contribution is 4.70. The number of hydrogen-bond donors (Lipinski definition) is 2. The van der Waals surface area contributed by atoms with Gasteiger partial charge in [0.25, 0.3) is 0 Å². The number of nitrogens with two attached hydrogens (primary N) is 1. The monoisotopic (exact) mass is 157 g/mol. The Labute approximate surface area is 68.8 Å². The van der Waals surface area contributed by atoms with Crippen LogP contribution in [-0.4, -0.2) is 17.8 Å². The summed E-state index contributed by atoms with van der Waals surface area (Å²) in [6, 6.07) is 0.0237. The minimum Gasteiger partial charge on any atom is -0.395 e. The maximum atomic E-state index is 8.68. The van der Waals surface area contributed by atoms with E-state index in [4.69, 9.17) is 10.8 Å². The van der Waals surface area contributed by atoms with Crippen LogP contribution < -0.4 is 5.73 Å². The molecule has 0 aromatic rings. The fraction of sp³-hybridized carbons (Fsp3) is 1.00. The molecule has 0 amide bonds. The van der Waals surface area contributed by atoms with Crippen molar-refractivity contribution in [2.75, 3.05) is 6.61 Å². The maximum absolute atomic E-state index is 8.68. The molecule has 3 N–H and O–H groups in total. The molecule has 1 aliphatic rings. The lowest BCUT2D eigenvalue weighted by Gasteiger charge is -2.11. The van der Waals surface area contributed by atoms with Crippen molar-refractivity contribution in [1.82, 2.24) is 0 Å². The second-order valence-corrected chi connectivity index (χ2v) is 3.67. The van der Waals surface area contributed by atoms with Crippen molar-refractivity contribution in [3.8, 4) is 0 Å². The van der Waals surface area contributed by atoms with E-state index in [0.29, 0.717) is 0 Å². The fourth-order valence-corrected chi connectivity index (χ4v) is 1.84. The third kappa shape index (κ3) is 3.21. The van der Waals surface area contributed by atoms with Crippen LogP contribution in [0.1, 0.15) is 38.5 Å². The van der Waals surface area contributed by atoms with Crippen molar-refractivity contribution >= 4 is 0 Å². The van der Waals surface area contributed by atoms with Gasteiger partial charge in [0.05, 0.1) is 6.61 Å². The van der Waals surface area contributed by atoms with Gasteiger partial charge in [-0.25, -0.2) is 0 Å². The Hall–Kier alpha value is -0.0800. The quantitative estimate of drug-likeness (QED) is 0.645. The zero-order valence-corrected chi connectivity index (χ0v) is 7.13. The molecule has 2 heteroatoms. The SMILES string of the molecule is N[C@@H](CO)CCC1CCCC1. The van der Waals surface area contributed by atoms with Crippen LogP contribution >= 0.6 is 0 Å². The Morgan fingerprint density at radius 3 is 2.55 bits per heavy atom. The van der Waals surface area contributed by atoms with Crippen LogP contribution in [0.3, 0.4) is 0 Å². The summed E-state index contributed by atoms with van der Waals surface area (Å²) in [6.45, 7) is 0.146. The molecule has 0 radical (unpaired) electrons. The van der Waals surface area contributed by atoms with Crippen LogP contribution in [0.15, 0.2) is 0 Å². The molecule has 0 aromatic carbocycles. The predicted octanol–water partition coefficient (Wildman–Crippen LogP) is 1.28. The highest BCUT2D eigenvalue weighted by Crippen LogP contribution is 2.28. The maximum Gasteiger partial charge on any atom is 0.0582 e. The molecule has 66 valence electrons. The van der Waals surface area contributed by atoms with E-state index in [-0.39, 0.29) is 12.6 Å². The van der Waals surface area contributed by atoms with Crippen molar-refractivity contribution in [1.29, 1.82) is 0 Å². The Morgan fingerprint density at radius 2 is 2.00 bits per heavy atom. The molecule has 0 unspecified atom stereocenters. The third-order valence-electron chi connectivity index (χ3n) is 2.65. The summed E-state index contributed by atoms with van der Waals surface area (Å²) in [6.07, 6.45) is 7.80. The molecule has 1 atom stereocenters. The van der Waals surface area contributed by atoms with Crippen LogP contribution in [0.4, 0.5) is 0 Å². The molecule has 11 heavy (non-hydrogen) atoms. The van der Waals surface area contributed by atoms with Crippen LogP contribution in [0, 0.1) is 5.92 Å². The molecule has 0 bridgehead atoms. The third-order valence-corrected chi connectivity index (χ3v) is 2.65. The second kappa shape index (κ2) is 4.73. The van der Waals surface area contributed by atoms with E-state index >= 15 is 0 Å². The topological polar surface area (TPSA) is 46.2 Å². The van der Waals surface area contributed by atoms with E-state index in [1.54, 1.807) is 0 Å². The smallest absolute Gasteiger partial charge is 0.0582 e. The summed E-state index contributed by atoms with van der Waals surface area (Å²) in [4.78, 5) is 0. The highest BCUT2D eigenvalue weighted by atomic mass is 16.3. The van der Waals surface area contributed by atoms with Gasteiger partial charge in [-0.05, 0) is 18.8 Å². The minimum absolute atomic E-state index is 0.0237. The summed E-state index contributed by atoms with van der Waals surface area (Å²) < 4.78 is 0. The van der Waals surface area contributed by atoms with Gasteiger partial charge < -0.3 is 10.8 Å². The van der Waals surface area contributed by atoms with Gasteiger partial charge in [0, 0.05) is 6.04 Å². The first kappa shape index (κ1) is 9.01. The highest BCUT2D eigenvalue weighted by Gasteiger charge is 2.15. The van der Waals surface area contributed by atoms with Gasteiger partial charge in [-0.1, -0.05) is 25.7 Å². The number of aliphatic hydroxyl groups excluding tert-OH is 1. The van der Waals surface area contributed by atoms with Crippen LogP contribution in [-0.2, 0) is 0 Å². The number of hydrogen-bond acceptors (Lipinski definition) is 2. The second-order valence-electron chi connectivity index (χ2n) is 3.67. The molecule has 1 aliphatic carbocycles. The van der Waals surface area contributed by atoms with Gasteiger partial charge in [0.1, 0.15) is 0 Å². The first-order valence-corrected chi connectivity index (χ1v) is 4.69. The van der Waals surface area contributed by atoms with Gasteiger partial charge in [-0.2, -0.15) is 0 Å². The molecular weight excluding hydrogens is 138 g/mol. The average molecular weight is 157 g/mol. The molecule has 1 rings (SSSR count). The molecule has 1 fully saturated rings. The van der Waals surface area contributed by atoms with Gasteiger partial charge in [0.15, 0.2) is 0 Å². The van der Waals surface area contributed by atoms with E-state index in [2.05, 4.69) is 0 Å². The van der Waals surface area contributed by atoms with Crippen LogP contribution in [0.25, 0.3) is 0 Å². The first-order valence-electron chi connectivity index (χ1n) is 4.69. The molecule has 2 nitrogen and oxygen atoms in total. The molecule has 0 spiro atoms. The van der Waals surface area contributed by atoms with E-state index in [1.165, 1.54) is 32.1 Å². The zero-order valence-electron chi connectivity index (χ0n) is 7.13. The van der Waals surface area contributed by atoms with E-state index < -0.39 is 0 Å². The van der Waals surface area contributed by atoms with Crippen molar-refractivity contribution in [3.05, 3.63) is 0 Å². The molecule has 0 saturated heterocycles. The summed E-state index contributed by atoms with van der Waals surface area (Å²) in [7, 11) is 0. The molecule has 0 aliphatic heterocycles.